The fourth-order valence-electron chi connectivity index (χ4n) is 3.35. The zero-order chi connectivity index (χ0) is 23.8. The summed E-state index contributed by atoms with van der Waals surface area (Å²) >= 11 is 0. The Kier molecular flexibility index (Phi) is 7.21. The minimum absolute atomic E-state index is 0.611. The molecule has 0 saturated carbocycles. The molecule has 34 heavy (non-hydrogen) atoms. The van der Waals surface area contributed by atoms with Crippen LogP contribution in [0.25, 0.3) is 5.70 Å². The lowest BCUT2D eigenvalue weighted by Gasteiger charge is -2.11. The summed E-state index contributed by atoms with van der Waals surface area (Å²) in [4.78, 5) is 4.83. The molecular weight excluding hydrogens is 420 g/mol. The Balaban J connectivity index is 1.54. The molecule has 0 saturated heterocycles. The first-order valence-corrected chi connectivity index (χ1v) is 11.0. The number of para-hydroxylation sites is 2. The van der Waals surface area contributed by atoms with E-state index in [4.69, 9.17) is 20.2 Å². The van der Waals surface area contributed by atoms with Gasteiger partial charge in [-0.15, -0.1) is 0 Å². The van der Waals surface area contributed by atoms with Crippen molar-refractivity contribution in [2.75, 3.05) is 0 Å². The molecule has 4 aromatic carbocycles. The van der Waals surface area contributed by atoms with Gasteiger partial charge >= 0.3 is 0 Å². The van der Waals surface area contributed by atoms with Crippen molar-refractivity contribution in [2.45, 2.75) is 6.92 Å². The van der Waals surface area contributed by atoms with Crippen LogP contribution in [0.3, 0.4) is 0 Å². The number of benzene rings is 4. The lowest BCUT2D eigenvalue weighted by molar-refractivity contribution is 0.482. The summed E-state index contributed by atoms with van der Waals surface area (Å²) in [6.07, 6.45) is 1.73. The van der Waals surface area contributed by atoms with Crippen molar-refractivity contribution in [3.05, 3.63) is 139 Å². The van der Waals surface area contributed by atoms with Gasteiger partial charge in [0.25, 0.3) is 0 Å². The van der Waals surface area contributed by atoms with E-state index >= 15 is 0 Å². The predicted octanol–water partition coefficient (Wildman–Crippen LogP) is 7.59. The van der Waals surface area contributed by atoms with Gasteiger partial charge in [-0.05, 0) is 85.8 Å². The van der Waals surface area contributed by atoms with E-state index in [0.717, 1.165) is 39.8 Å². The highest BCUT2D eigenvalue weighted by Gasteiger charge is 2.08. The molecule has 0 radical (unpaired) electrons. The maximum Gasteiger partial charge on any atom is 0.127 e. The van der Waals surface area contributed by atoms with Crippen molar-refractivity contribution in [3.8, 4) is 23.0 Å². The van der Waals surface area contributed by atoms with E-state index in [0.29, 0.717) is 11.4 Å². The molecule has 168 valence electrons. The molecule has 0 aromatic heterocycles. The molecule has 0 unspecified atom stereocenters. The summed E-state index contributed by atoms with van der Waals surface area (Å²) in [6, 6.07) is 34.8. The van der Waals surface area contributed by atoms with E-state index < -0.39 is 0 Å². The van der Waals surface area contributed by atoms with Crippen molar-refractivity contribution < 1.29 is 9.47 Å². The lowest BCUT2D eigenvalue weighted by atomic mass is 10.1. The lowest BCUT2D eigenvalue weighted by Crippen LogP contribution is -2.02. The molecule has 0 aliphatic heterocycles. The highest BCUT2D eigenvalue weighted by atomic mass is 16.5. The van der Waals surface area contributed by atoms with E-state index in [-0.39, 0.29) is 0 Å². The summed E-state index contributed by atoms with van der Waals surface area (Å²) < 4.78 is 11.8. The van der Waals surface area contributed by atoms with Gasteiger partial charge in [-0.3, -0.25) is 0 Å². The van der Waals surface area contributed by atoms with Crippen LogP contribution in [0.1, 0.15) is 18.1 Å². The van der Waals surface area contributed by atoms with Crippen molar-refractivity contribution in [1.29, 1.82) is 0 Å². The second-order valence-electron chi connectivity index (χ2n) is 7.61. The Labute approximate surface area is 200 Å². The molecule has 4 nitrogen and oxygen atoms in total. The van der Waals surface area contributed by atoms with E-state index in [9.17, 15) is 0 Å². The molecule has 4 rings (SSSR count). The second-order valence-corrected chi connectivity index (χ2v) is 7.61. The first-order chi connectivity index (χ1) is 16.6. The average molecular weight is 447 g/mol. The standard InChI is InChI=1S/C30H26N2O2/c1-3-29(23-14-18-27(19-15-23)33-25-10-6-4-7-11-25)32-30(22(2)31)24-16-20-28(21-17-24)34-26-12-8-5-9-13-26/h3-21H,1,31H2,2H3/b30-22+,32-29?. The fourth-order valence-corrected chi connectivity index (χ4v) is 3.35. The van der Waals surface area contributed by atoms with E-state index in [1.165, 1.54) is 0 Å². The number of nitrogens with two attached hydrogens (primary N) is 1. The number of allylic oxidation sites excluding steroid dienone is 2. The van der Waals surface area contributed by atoms with Gasteiger partial charge in [-0.2, -0.15) is 0 Å². The quantitative estimate of drug-likeness (QED) is 0.284. The fraction of sp³-hybridized carbons (Fsp3) is 0.0333. The van der Waals surface area contributed by atoms with Crippen molar-refractivity contribution in [2.24, 2.45) is 10.7 Å². The topological polar surface area (TPSA) is 56.8 Å². The molecule has 4 heteroatoms. The third-order valence-corrected chi connectivity index (χ3v) is 5.03. The van der Waals surface area contributed by atoms with Crippen molar-refractivity contribution >= 4 is 11.4 Å². The smallest absolute Gasteiger partial charge is 0.127 e. The molecule has 0 amide bonds. The van der Waals surface area contributed by atoms with Crippen LogP contribution in [-0.4, -0.2) is 5.71 Å². The van der Waals surface area contributed by atoms with Crippen LogP contribution in [-0.2, 0) is 0 Å². The molecule has 0 bridgehead atoms. The highest BCUT2D eigenvalue weighted by Crippen LogP contribution is 2.26. The van der Waals surface area contributed by atoms with Gasteiger partial charge in [-0.25, -0.2) is 4.99 Å². The minimum Gasteiger partial charge on any atom is -0.457 e. The summed E-state index contributed by atoms with van der Waals surface area (Å²) in [5.74, 6) is 3.06. The number of aliphatic imine (C=N–C) groups is 1. The Morgan fingerprint density at radius 1 is 0.647 bits per heavy atom. The third-order valence-electron chi connectivity index (χ3n) is 5.03. The number of rotatable bonds is 8. The molecule has 0 aliphatic rings. The van der Waals surface area contributed by atoms with Crippen LogP contribution in [0.4, 0.5) is 0 Å². The van der Waals surface area contributed by atoms with Crippen LogP contribution < -0.4 is 15.2 Å². The normalized spacial score (nSPS) is 12.0. The van der Waals surface area contributed by atoms with Gasteiger partial charge in [0.2, 0.25) is 0 Å². The van der Waals surface area contributed by atoms with Crippen LogP contribution in [0.15, 0.2) is 133 Å². The molecule has 2 N–H and O–H groups in total. The van der Waals surface area contributed by atoms with Crippen LogP contribution in [0, 0.1) is 0 Å². The summed E-state index contributed by atoms with van der Waals surface area (Å²) in [5.41, 5.74) is 10.0. The number of ether oxygens (including phenoxy) is 2. The molecule has 0 spiro atoms. The molecule has 0 heterocycles. The van der Waals surface area contributed by atoms with Gasteiger partial charge in [-0.1, -0.05) is 43.0 Å². The number of hydrogen-bond donors (Lipinski definition) is 1. The second kappa shape index (κ2) is 10.8. The molecular formula is C30H26N2O2. The molecule has 0 fully saturated rings. The minimum atomic E-state index is 0.611. The summed E-state index contributed by atoms with van der Waals surface area (Å²) in [6.45, 7) is 5.79. The van der Waals surface area contributed by atoms with Gasteiger partial charge in [0, 0.05) is 16.8 Å². The highest BCUT2D eigenvalue weighted by molar-refractivity contribution is 6.10. The Hall–Kier alpha value is -4.57. The third kappa shape index (κ3) is 5.81. The van der Waals surface area contributed by atoms with Gasteiger partial charge < -0.3 is 15.2 Å². The van der Waals surface area contributed by atoms with Crippen LogP contribution in [0.5, 0.6) is 23.0 Å². The van der Waals surface area contributed by atoms with Crippen molar-refractivity contribution in [3.63, 3.8) is 0 Å². The first kappa shape index (κ1) is 22.6. The first-order valence-electron chi connectivity index (χ1n) is 11.0. The number of nitrogens with zero attached hydrogens (tertiary/aromatic N) is 1. The summed E-state index contributed by atoms with van der Waals surface area (Å²) in [5, 5.41) is 0. The van der Waals surface area contributed by atoms with Gasteiger partial charge in [0.1, 0.15) is 23.0 Å². The number of hydrogen-bond acceptors (Lipinski definition) is 4. The Morgan fingerprint density at radius 3 is 1.47 bits per heavy atom. The van der Waals surface area contributed by atoms with Crippen LogP contribution in [0.2, 0.25) is 0 Å². The molecule has 0 atom stereocenters. The maximum atomic E-state index is 6.21. The molecule has 0 aliphatic carbocycles. The van der Waals surface area contributed by atoms with Gasteiger partial charge in [0.15, 0.2) is 0 Å². The Bertz CT molecular complexity index is 1290. The largest absolute Gasteiger partial charge is 0.457 e. The van der Waals surface area contributed by atoms with Gasteiger partial charge in [0.05, 0.1) is 11.4 Å². The average Bonchev–Trinajstić information content (AvgIpc) is 2.87. The van der Waals surface area contributed by atoms with Crippen LogP contribution >= 0.6 is 0 Å². The maximum absolute atomic E-state index is 6.21. The summed E-state index contributed by atoms with van der Waals surface area (Å²) in [7, 11) is 0. The van der Waals surface area contributed by atoms with E-state index in [2.05, 4.69) is 6.58 Å². The van der Waals surface area contributed by atoms with E-state index in [1.807, 2.05) is 116 Å². The molecule has 4 aromatic rings. The van der Waals surface area contributed by atoms with E-state index in [1.54, 1.807) is 6.08 Å². The zero-order valence-electron chi connectivity index (χ0n) is 19.0. The SMILES string of the molecule is C=CC(=N/C(=C(\C)N)c1ccc(Oc2ccccc2)cc1)c1ccc(Oc2ccccc2)cc1. The monoisotopic (exact) mass is 446 g/mol. The predicted molar refractivity (Wildman–Crippen MR) is 139 cm³/mol. The Morgan fingerprint density at radius 2 is 1.06 bits per heavy atom. The van der Waals surface area contributed by atoms with Crippen molar-refractivity contribution in [1.82, 2.24) is 0 Å². The zero-order valence-corrected chi connectivity index (χ0v) is 19.0.